The van der Waals surface area contributed by atoms with Gasteiger partial charge in [-0.05, 0) is 122 Å². The molecule has 6 aromatic carbocycles. The minimum absolute atomic E-state index is 0.00496. The van der Waals surface area contributed by atoms with Crippen molar-refractivity contribution in [3.63, 3.8) is 0 Å². The first-order valence-electron chi connectivity index (χ1n) is 21.6. The van der Waals surface area contributed by atoms with Gasteiger partial charge in [-0.15, -0.1) is 0 Å². The summed E-state index contributed by atoms with van der Waals surface area (Å²) in [6.07, 6.45) is 3.75. The summed E-state index contributed by atoms with van der Waals surface area (Å²) in [6, 6.07) is 58.7. The normalized spacial score (nSPS) is 15.0. The molecule has 0 saturated carbocycles. The minimum atomic E-state index is -0.599. The number of nitrogens with zero attached hydrogens (tertiary/aromatic N) is 5. The number of ether oxygens (including phenoxy) is 1. The molecule has 5 heterocycles. The Bertz CT molecular complexity index is 3300. The maximum atomic E-state index is 7.01. The summed E-state index contributed by atoms with van der Waals surface area (Å²) in [5, 5.41) is 4.73. The monoisotopic (exact) mass is 805 g/mol. The van der Waals surface area contributed by atoms with E-state index in [0.717, 1.165) is 55.8 Å². The van der Waals surface area contributed by atoms with Gasteiger partial charge in [-0.1, -0.05) is 104 Å². The lowest BCUT2D eigenvalue weighted by Crippen LogP contribution is -2.38. The summed E-state index contributed by atoms with van der Waals surface area (Å²) in [6.45, 7) is 11.0. The van der Waals surface area contributed by atoms with Crippen LogP contribution < -0.4 is 0 Å². The Morgan fingerprint density at radius 1 is 0.532 bits per heavy atom. The smallest absolute Gasteiger partial charge is 0.217 e. The minimum Gasteiger partial charge on any atom is -0.469 e. The first-order valence-corrected chi connectivity index (χ1v) is 21.6. The molecule has 0 unspecified atom stereocenters. The number of hydrogen-bond acceptors (Lipinski definition) is 4. The lowest BCUT2D eigenvalue weighted by atomic mass is 9.79. The van der Waals surface area contributed by atoms with E-state index in [1.165, 1.54) is 38.4 Å². The fourth-order valence-corrected chi connectivity index (χ4v) is 9.67. The maximum absolute atomic E-state index is 7.01. The molecule has 4 aromatic heterocycles. The Kier molecular flexibility index (Phi) is 8.93. The zero-order chi connectivity index (χ0) is 42.1. The summed E-state index contributed by atoms with van der Waals surface area (Å²) in [5.74, 6) is 1.04. The summed E-state index contributed by atoms with van der Waals surface area (Å²) >= 11 is 0. The molecular formula is C56H47N5O. The van der Waals surface area contributed by atoms with Crippen LogP contribution in [0.3, 0.4) is 0 Å². The van der Waals surface area contributed by atoms with Crippen LogP contribution in [0, 0.1) is 6.92 Å². The van der Waals surface area contributed by atoms with Crippen LogP contribution in [-0.2, 0) is 4.74 Å². The summed E-state index contributed by atoms with van der Waals surface area (Å²) in [7, 11) is 0. The molecule has 0 fully saturated rings. The van der Waals surface area contributed by atoms with Gasteiger partial charge in [0.1, 0.15) is 17.3 Å². The second-order valence-corrected chi connectivity index (χ2v) is 17.6. The van der Waals surface area contributed by atoms with E-state index < -0.39 is 5.60 Å². The first kappa shape index (κ1) is 37.7. The average Bonchev–Trinajstić information content (AvgIpc) is 3.92. The van der Waals surface area contributed by atoms with Crippen LogP contribution in [0.25, 0.3) is 66.4 Å². The van der Waals surface area contributed by atoms with Crippen LogP contribution in [0.4, 0.5) is 0 Å². The number of aromatic nitrogens is 4. The lowest BCUT2D eigenvalue weighted by Gasteiger charge is -2.32. The molecule has 1 atom stereocenters. The molecule has 0 saturated heterocycles. The van der Waals surface area contributed by atoms with E-state index in [1.807, 2.05) is 30.6 Å². The summed E-state index contributed by atoms with van der Waals surface area (Å²) in [5.41, 5.74) is 13.5. The number of hydrogen-bond donors (Lipinski definition) is 0. The Hall–Kier alpha value is -7.31. The highest BCUT2D eigenvalue weighted by Crippen LogP contribution is 2.43. The lowest BCUT2D eigenvalue weighted by molar-refractivity contribution is 0.0916. The third-order valence-electron chi connectivity index (χ3n) is 12.7. The highest BCUT2D eigenvalue weighted by molar-refractivity contribution is 6.12. The number of fused-ring (bicyclic) bond motifs is 6. The highest BCUT2D eigenvalue weighted by Gasteiger charge is 2.45. The number of pyridine rings is 2. The largest absolute Gasteiger partial charge is 0.469 e. The first-order chi connectivity index (χ1) is 30.2. The predicted molar refractivity (Wildman–Crippen MR) is 255 cm³/mol. The van der Waals surface area contributed by atoms with Gasteiger partial charge in [0.25, 0.3) is 0 Å². The van der Waals surface area contributed by atoms with Gasteiger partial charge in [-0.2, -0.15) is 0 Å². The standard InChI is InChI=1S/C56H47N5O/c1-35(2)39-22-26-50-47(33-39)45-19-14-28-58-54(45)61(50)42-23-24-44-46-29-36(3)21-25-49(46)60(51(44)34-42)43-31-40(48-20-12-13-27-57-48)30-41(32-43)55-59-53(56(4,5)62-55)52(37-15-8-6-9-16-37)38-17-10-7-11-18-38/h6-35,52-53H,1-5H3/t53-/m1/s1. The summed E-state index contributed by atoms with van der Waals surface area (Å²) < 4.78 is 11.7. The molecule has 10 aromatic rings. The van der Waals surface area contributed by atoms with Gasteiger partial charge >= 0.3 is 0 Å². The van der Waals surface area contributed by atoms with Gasteiger partial charge in [0.15, 0.2) is 0 Å². The van der Waals surface area contributed by atoms with Crippen LogP contribution in [0.2, 0.25) is 0 Å². The van der Waals surface area contributed by atoms with Crippen LogP contribution in [0.5, 0.6) is 0 Å². The van der Waals surface area contributed by atoms with E-state index in [9.17, 15) is 0 Å². The second kappa shape index (κ2) is 14.7. The van der Waals surface area contributed by atoms with Gasteiger partial charge in [0.2, 0.25) is 5.90 Å². The van der Waals surface area contributed by atoms with Crippen molar-refractivity contribution in [1.29, 1.82) is 0 Å². The van der Waals surface area contributed by atoms with Gasteiger partial charge in [0, 0.05) is 62.4 Å². The number of benzene rings is 6. The van der Waals surface area contributed by atoms with E-state index >= 15 is 0 Å². The zero-order valence-corrected chi connectivity index (χ0v) is 35.6. The topological polar surface area (TPSA) is 57.2 Å². The molecule has 6 nitrogen and oxygen atoms in total. The average molecular weight is 806 g/mol. The van der Waals surface area contributed by atoms with E-state index in [2.05, 4.69) is 189 Å². The van der Waals surface area contributed by atoms with Crippen molar-refractivity contribution in [1.82, 2.24) is 19.1 Å². The van der Waals surface area contributed by atoms with E-state index in [1.54, 1.807) is 0 Å². The quantitative estimate of drug-likeness (QED) is 0.154. The molecule has 1 aliphatic rings. The van der Waals surface area contributed by atoms with E-state index in [0.29, 0.717) is 11.8 Å². The van der Waals surface area contributed by atoms with Crippen molar-refractivity contribution in [2.45, 2.75) is 58.1 Å². The number of aryl methyl sites for hydroxylation is 1. The maximum Gasteiger partial charge on any atom is 0.217 e. The molecular weight excluding hydrogens is 759 g/mol. The molecule has 62 heavy (non-hydrogen) atoms. The third-order valence-corrected chi connectivity index (χ3v) is 12.7. The molecule has 0 bridgehead atoms. The van der Waals surface area contributed by atoms with E-state index in [-0.39, 0.29) is 12.0 Å². The van der Waals surface area contributed by atoms with Crippen molar-refractivity contribution in [2.24, 2.45) is 4.99 Å². The molecule has 302 valence electrons. The fourth-order valence-electron chi connectivity index (χ4n) is 9.67. The van der Waals surface area contributed by atoms with Crippen molar-refractivity contribution >= 4 is 49.6 Å². The highest BCUT2D eigenvalue weighted by atomic mass is 16.5. The van der Waals surface area contributed by atoms with Crippen LogP contribution in [0.15, 0.2) is 181 Å². The van der Waals surface area contributed by atoms with Crippen molar-refractivity contribution in [2.75, 3.05) is 0 Å². The molecule has 0 spiro atoms. The molecule has 0 radical (unpaired) electrons. The molecule has 6 heteroatoms. The summed E-state index contributed by atoms with van der Waals surface area (Å²) in [4.78, 5) is 15.4. The van der Waals surface area contributed by atoms with Crippen molar-refractivity contribution in [3.8, 4) is 22.6 Å². The second-order valence-electron chi connectivity index (χ2n) is 17.6. The molecule has 1 aliphatic heterocycles. The van der Waals surface area contributed by atoms with E-state index in [4.69, 9.17) is 19.7 Å². The van der Waals surface area contributed by atoms with Crippen LogP contribution in [-0.4, -0.2) is 36.6 Å². The van der Waals surface area contributed by atoms with Gasteiger partial charge in [-0.25, -0.2) is 9.98 Å². The SMILES string of the molecule is Cc1ccc2c(c1)c1ccc(-n3c4ccc(C(C)C)cc4c4cccnc43)cc1n2-c1cc(C2=N[C@H](C(c3ccccc3)c3ccccc3)C(C)(C)O2)cc(-c2ccccn2)c1. The fraction of sp³-hybridized carbons (Fsp3) is 0.161. The Morgan fingerprint density at radius 2 is 1.23 bits per heavy atom. The van der Waals surface area contributed by atoms with Crippen LogP contribution in [0.1, 0.15) is 67.3 Å². The predicted octanol–water partition coefficient (Wildman–Crippen LogP) is 13.5. The van der Waals surface area contributed by atoms with Gasteiger partial charge in [0.05, 0.1) is 22.2 Å². The van der Waals surface area contributed by atoms with Crippen LogP contribution >= 0.6 is 0 Å². The van der Waals surface area contributed by atoms with Crippen molar-refractivity contribution in [3.05, 3.63) is 204 Å². The zero-order valence-electron chi connectivity index (χ0n) is 35.6. The van der Waals surface area contributed by atoms with Crippen molar-refractivity contribution < 1.29 is 4.74 Å². The molecule has 0 aliphatic carbocycles. The van der Waals surface area contributed by atoms with Gasteiger partial charge in [-0.3, -0.25) is 9.55 Å². The number of rotatable bonds is 8. The Labute approximate surface area is 361 Å². The molecule has 11 rings (SSSR count). The number of aliphatic imine (C=N–C) groups is 1. The Balaban J connectivity index is 1.14. The molecule has 0 N–H and O–H groups in total. The Morgan fingerprint density at radius 3 is 1.97 bits per heavy atom. The van der Waals surface area contributed by atoms with Gasteiger partial charge < -0.3 is 9.30 Å². The molecule has 0 amide bonds. The third kappa shape index (κ3) is 6.28.